The van der Waals surface area contributed by atoms with E-state index in [1.165, 1.54) is 5.19 Å². The van der Waals surface area contributed by atoms with Crippen molar-refractivity contribution >= 4 is 29.2 Å². The Balaban J connectivity index is 2.08. The minimum atomic E-state index is -2.19. The Morgan fingerprint density at radius 3 is 1.70 bits per heavy atom. The maximum absolute atomic E-state index is 12.8. The minimum absolute atomic E-state index is 0.375. The summed E-state index contributed by atoms with van der Waals surface area (Å²) in [5, 5.41) is 0.288. The summed E-state index contributed by atoms with van der Waals surface area (Å²) in [5.41, 5.74) is 2.23. The highest BCUT2D eigenvalue weighted by molar-refractivity contribution is 6.87. The van der Waals surface area contributed by atoms with Crippen molar-refractivity contribution in [3.8, 4) is 0 Å². The van der Waals surface area contributed by atoms with Gasteiger partial charge in [-0.3, -0.25) is 0 Å². The number of hydrogen-bond donors (Lipinski definition) is 0. The highest BCUT2D eigenvalue weighted by Crippen LogP contribution is 2.34. The molecule has 0 aliphatic heterocycles. The van der Waals surface area contributed by atoms with E-state index >= 15 is 0 Å². The van der Waals surface area contributed by atoms with Crippen LogP contribution in [0.2, 0.25) is 13.1 Å². The SMILES string of the molecule is C=C(C)C(=O)OC([SiH2]O[Si](C)(C)c1ccccc1)(c1ccccc1)c1ccccc1. The lowest BCUT2D eigenvalue weighted by Crippen LogP contribution is -2.51. The molecular weight excluding hydrogens is 404 g/mol. The van der Waals surface area contributed by atoms with Crippen molar-refractivity contribution < 1.29 is 13.6 Å². The molecule has 0 radical (unpaired) electrons. The fourth-order valence-electron chi connectivity index (χ4n) is 3.35. The molecule has 0 bridgehead atoms. The van der Waals surface area contributed by atoms with Gasteiger partial charge in [0.05, 0.1) is 0 Å². The lowest BCUT2D eigenvalue weighted by atomic mass is 10.00. The van der Waals surface area contributed by atoms with E-state index in [0.717, 1.165) is 11.1 Å². The molecule has 30 heavy (non-hydrogen) atoms. The normalized spacial score (nSPS) is 12.1. The molecule has 0 unspecified atom stereocenters. The number of rotatable bonds is 8. The maximum Gasteiger partial charge on any atom is 0.334 e. The molecule has 0 N–H and O–H groups in total. The first-order chi connectivity index (χ1) is 14.3. The van der Waals surface area contributed by atoms with E-state index in [1.54, 1.807) is 6.92 Å². The van der Waals surface area contributed by atoms with Crippen molar-refractivity contribution in [3.63, 3.8) is 0 Å². The van der Waals surface area contributed by atoms with Crippen molar-refractivity contribution in [2.24, 2.45) is 0 Å². The van der Waals surface area contributed by atoms with Crippen LogP contribution in [-0.2, 0) is 18.9 Å². The van der Waals surface area contributed by atoms with Crippen LogP contribution in [0.5, 0.6) is 0 Å². The Morgan fingerprint density at radius 1 is 0.833 bits per heavy atom. The maximum atomic E-state index is 12.8. The van der Waals surface area contributed by atoms with Crippen LogP contribution < -0.4 is 5.19 Å². The minimum Gasteiger partial charge on any atom is -0.453 e. The summed E-state index contributed by atoms with van der Waals surface area (Å²) in [7, 11) is -3.61. The van der Waals surface area contributed by atoms with Gasteiger partial charge in [0.1, 0.15) is 0 Å². The Labute approximate surface area is 182 Å². The number of hydrogen-bond acceptors (Lipinski definition) is 3. The summed E-state index contributed by atoms with van der Waals surface area (Å²) >= 11 is 0. The zero-order valence-electron chi connectivity index (χ0n) is 17.8. The van der Waals surface area contributed by atoms with Crippen LogP contribution in [0, 0.1) is 0 Å². The predicted molar refractivity (Wildman–Crippen MR) is 128 cm³/mol. The average Bonchev–Trinajstić information content (AvgIpc) is 2.78. The average molecular weight is 433 g/mol. The van der Waals surface area contributed by atoms with Crippen LogP contribution in [0.1, 0.15) is 18.1 Å². The molecule has 0 fully saturated rings. The summed E-state index contributed by atoms with van der Waals surface area (Å²) < 4.78 is 13.0. The van der Waals surface area contributed by atoms with Gasteiger partial charge >= 0.3 is 5.97 Å². The first kappa shape index (κ1) is 22.0. The zero-order valence-corrected chi connectivity index (χ0v) is 20.2. The van der Waals surface area contributed by atoms with Crippen molar-refractivity contribution in [3.05, 3.63) is 114 Å². The molecule has 0 atom stereocenters. The van der Waals surface area contributed by atoms with E-state index in [-0.39, 0.29) is 0 Å². The zero-order chi connectivity index (χ0) is 21.6. The molecule has 5 heteroatoms. The summed E-state index contributed by atoms with van der Waals surface area (Å²) in [6.45, 7) is 9.85. The molecule has 0 spiro atoms. The Hall–Kier alpha value is -2.74. The van der Waals surface area contributed by atoms with Gasteiger partial charge in [-0.2, -0.15) is 0 Å². The molecule has 0 saturated heterocycles. The number of carbonyl (C=O) groups is 1. The van der Waals surface area contributed by atoms with Gasteiger partial charge in [-0.15, -0.1) is 0 Å². The molecule has 3 nitrogen and oxygen atoms in total. The van der Waals surface area contributed by atoms with Crippen LogP contribution in [0.25, 0.3) is 0 Å². The Morgan fingerprint density at radius 2 is 1.27 bits per heavy atom. The molecule has 3 rings (SSSR count). The third kappa shape index (κ3) is 4.87. The molecule has 0 heterocycles. The van der Waals surface area contributed by atoms with Crippen molar-refractivity contribution in [2.75, 3.05) is 0 Å². The quantitative estimate of drug-likeness (QED) is 0.304. The van der Waals surface area contributed by atoms with Gasteiger partial charge in [0.2, 0.25) is 18.1 Å². The molecule has 0 saturated carbocycles. The van der Waals surface area contributed by atoms with Crippen molar-refractivity contribution in [1.82, 2.24) is 0 Å². The van der Waals surface area contributed by atoms with Gasteiger partial charge in [0, 0.05) is 5.57 Å². The highest BCUT2D eigenvalue weighted by Gasteiger charge is 2.42. The van der Waals surface area contributed by atoms with Crippen molar-refractivity contribution in [1.29, 1.82) is 0 Å². The molecular formula is C25H28O3Si2. The van der Waals surface area contributed by atoms with E-state index < -0.39 is 29.3 Å². The summed E-state index contributed by atoms with van der Waals surface area (Å²) in [5.74, 6) is -0.405. The smallest absolute Gasteiger partial charge is 0.334 e. The van der Waals surface area contributed by atoms with Gasteiger partial charge in [0.25, 0.3) is 0 Å². The number of esters is 1. The largest absolute Gasteiger partial charge is 0.453 e. The van der Waals surface area contributed by atoms with Gasteiger partial charge in [0.15, 0.2) is 5.22 Å². The van der Waals surface area contributed by atoms with Gasteiger partial charge in [-0.25, -0.2) is 4.79 Å². The van der Waals surface area contributed by atoms with E-state index in [4.69, 9.17) is 8.85 Å². The van der Waals surface area contributed by atoms with Crippen molar-refractivity contribution in [2.45, 2.75) is 25.2 Å². The molecule has 154 valence electrons. The Kier molecular flexibility index (Phi) is 6.87. The lowest BCUT2D eigenvalue weighted by molar-refractivity contribution is -0.146. The fraction of sp³-hybridized carbons (Fsp3) is 0.160. The van der Waals surface area contributed by atoms with Gasteiger partial charge < -0.3 is 8.85 Å². The van der Waals surface area contributed by atoms with Gasteiger partial charge in [-0.05, 0) is 36.3 Å². The van der Waals surface area contributed by atoms with E-state index in [0.29, 0.717) is 5.57 Å². The number of benzene rings is 3. The van der Waals surface area contributed by atoms with Crippen LogP contribution in [-0.4, -0.2) is 24.0 Å². The fourth-order valence-corrected chi connectivity index (χ4v) is 8.26. The van der Waals surface area contributed by atoms with E-state index in [9.17, 15) is 4.79 Å². The topological polar surface area (TPSA) is 35.5 Å². The molecule has 0 aliphatic carbocycles. The third-order valence-corrected chi connectivity index (χ3v) is 11.8. The van der Waals surface area contributed by atoms with Crippen LogP contribution in [0.3, 0.4) is 0 Å². The van der Waals surface area contributed by atoms with E-state index in [1.807, 2.05) is 78.9 Å². The highest BCUT2D eigenvalue weighted by atomic mass is 28.4. The molecule has 0 aliphatic rings. The number of ether oxygens (including phenoxy) is 1. The van der Waals surface area contributed by atoms with Crippen LogP contribution in [0.4, 0.5) is 0 Å². The van der Waals surface area contributed by atoms with E-state index in [2.05, 4.69) is 31.8 Å². The molecule has 0 aromatic heterocycles. The predicted octanol–water partition coefficient (Wildman–Crippen LogP) is 4.22. The first-order valence-corrected chi connectivity index (χ1v) is 14.2. The summed E-state index contributed by atoms with van der Waals surface area (Å²) in [6.07, 6.45) is 0. The summed E-state index contributed by atoms with van der Waals surface area (Å²) in [6, 6.07) is 30.2. The Bertz CT molecular complexity index is 947. The molecule has 3 aromatic carbocycles. The number of carbonyl (C=O) groups excluding carboxylic acids is 1. The van der Waals surface area contributed by atoms with Crippen LogP contribution >= 0.6 is 0 Å². The first-order valence-electron chi connectivity index (χ1n) is 10.0. The third-order valence-electron chi connectivity index (χ3n) is 5.20. The van der Waals surface area contributed by atoms with Crippen LogP contribution in [0.15, 0.2) is 103 Å². The second-order valence-corrected chi connectivity index (χ2v) is 13.9. The molecule has 3 aromatic rings. The molecule has 0 amide bonds. The monoisotopic (exact) mass is 432 g/mol. The summed E-state index contributed by atoms with van der Waals surface area (Å²) in [4.78, 5) is 12.8. The second kappa shape index (κ2) is 9.38. The second-order valence-electron chi connectivity index (χ2n) is 7.89. The standard InChI is InChI=1S/C25H28O3Si2/c1-20(2)24(26)27-25(21-14-8-5-9-15-21,22-16-10-6-11-17-22)29-28-30(3,4)23-18-12-7-13-19-23/h5-19H,1,29H2,2-4H3. The lowest BCUT2D eigenvalue weighted by Gasteiger charge is -2.37. The van der Waals surface area contributed by atoms with Gasteiger partial charge in [-0.1, -0.05) is 97.6 Å².